The van der Waals surface area contributed by atoms with Gasteiger partial charge in [-0.3, -0.25) is 4.79 Å². The van der Waals surface area contributed by atoms with Gasteiger partial charge in [0.05, 0.1) is 17.6 Å². The van der Waals surface area contributed by atoms with Crippen molar-refractivity contribution < 1.29 is 23.9 Å². The molecule has 2 rings (SSSR count). The third-order valence-corrected chi connectivity index (χ3v) is 6.63. The Morgan fingerprint density at radius 3 is 2.29 bits per heavy atom. The lowest BCUT2D eigenvalue weighted by atomic mass is 10.0. The van der Waals surface area contributed by atoms with Crippen LogP contribution in [0.5, 0.6) is 0 Å². The Hall–Kier alpha value is -2.72. The van der Waals surface area contributed by atoms with Crippen LogP contribution in [0.4, 0.5) is 10.5 Å². The Morgan fingerprint density at radius 1 is 1.07 bits per heavy atom. The van der Waals surface area contributed by atoms with Gasteiger partial charge in [-0.1, -0.05) is 13.8 Å². The van der Waals surface area contributed by atoms with Crippen molar-refractivity contribution >= 4 is 57.9 Å². The van der Waals surface area contributed by atoms with Crippen LogP contribution in [0.25, 0.3) is 11.0 Å². The zero-order chi connectivity index (χ0) is 30.7. The lowest BCUT2D eigenvalue weighted by Gasteiger charge is -2.25. The summed E-state index contributed by atoms with van der Waals surface area (Å²) in [6.07, 6.45) is 0.302. The molecular formula is C29H45Cl2N5O5. The molecule has 12 heteroatoms. The number of aryl methyl sites for hydroxylation is 2. The van der Waals surface area contributed by atoms with Gasteiger partial charge in [0.1, 0.15) is 23.5 Å². The van der Waals surface area contributed by atoms with E-state index in [9.17, 15) is 14.4 Å². The number of benzene rings is 1. The Kier molecular flexibility index (Phi) is 13.5. The number of alkyl halides is 2. The molecule has 2 amide bonds. The number of alkyl carbamates (subject to hydrolysis) is 1. The summed E-state index contributed by atoms with van der Waals surface area (Å²) in [6.45, 7) is 12.4. The summed E-state index contributed by atoms with van der Waals surface area (Å²) in [5, 5.41) is 5.47. The number of aromatic nitrogens is 2. The van der Waals surface area contributed by atoms with Crippen LogP contribution in [0.2, 0.25) is 0 Å². The van der Waals surface area contributed by atoms with Gasteiger partial charge in [-0.25, -0.2) is 14.6 Å². The standard InChI is InChI=1S/C29H45Cl2N5O5/c1-8-40-27(38)23(17-19(2)3)33-26(37)21(34-28(39)41-29(4,5)6)10-12-25-32-22-18-20(9-11-24(22)35(25)7)36(15-13-30)16-14-31/h9,11,18-19,21,23H,8,10,12-17H2,1-7H3,(H,33,37)(H,34,39)/t21-,23-/m0/s1. The molecule has 10 nitrogen and oxygen atoms in total. The molecule has 0 radical (unpaired) electrons. The van der Waals surface area contributed by atoms with Crippen molar-refractivity contribution in [3.05, 3.63) is 24.0 Å². The number of amides is 2. The molecule has 1 heterocycles. The first-order chi connectivity index (χ1) is 19.3. The fraction of sp³-hybridized carbons (Fsp3) is 0.655. The number of esters is 1. The molecule has 0 spiro atoms. The normalized spacial score (nSPS) is 13.1. The molecule has 0 unspecified atom stereocenters. The number of hydrogen-bond acceptors (Lipinski definition) is 7. The van der Waals surface area contributed by atoms with Gasteiger partial charge in [0.15, 0.2) is 0 Å². The van der Waals surface area contributed by atoms with Gasteiger partial charge in [-0.05, 0) is 64.7 Å². The van der Waals surface area contributed by atoms with Crippen molar-refractivity contribution in [2.24, 2.45) is 13.0 Å². The summed E-state index contributed by atoms with van der Waals surface area (Å²) < 4.78 is 12.5. The van der Waals surface area contributed by atoms with E-state index in [1.165, 1.54) is 0 Å². The van der Waals surface area contributed by atoms with Gasteiger partial charge in [-0.15, -0.1) is 23.2 Å². The number of anilines is 1. The van der Waals surface area contributed by atoms with Crippen molar-refractivity contribution in [1.29, 1.82) is 0 Å². The highest BCUT2D eigenvalue weighted by atomic mass is 35.5. The van der Waals surface area contributed by atoms with Gasteiger partial charge in [-0.2, -0.15) is 0 Å². The molecule has 0 aliphatic rings. The highest BCUT2D eigenvalue weighted by molar-refractivity contribution is 6.18. The SMILES string of the molecule is CCOC(=O)[C@H](CC(C)C)NC(=O)[C@H](CCc1nc2cc(N(CCCl)CCCl)ccc2n1C)NC(=O)OC(C)(C)C. The third kappa shape index (κ3) is 10.9. The molecule has 41 heavy (non-hydrogen) atoms. The van der Waals surface area contributed by atoms with Crippen LogP contribution in [0.3, 0.4) is 0 Å². The van der Waals surface area contributed by atoms with E-state index >= 15 is 0 Å². The maximum atomic E-state index is 13.4. The van der Waals surface area contributed by atoms with Gasteiger partial charge >= 0.3 is 12.1 Å². The summed E-state index contributed by atoms with van der Waals surface area (Å²) in [7, 11) is 1.91. The highest BCUT2D eigenvalue weighted by Gasteiger charge is 2.30. The van der Waals surface area contributed by atoms with Crippen molar-refractivity contribution in [3.8, 4) is 0 Å². The monoisotopic (exact) mass is 613 g/mol. The molecule has 0 saturated heterocycles. The fourth-order valence-corrected chi connectivity index (χ4v) is 4.83. The molecule has 0 bridgehead atoms. The smallest absolute Gasteiger partial charge is 0.408 e. The zero-order valence-corrected chi connectivity index (χ0v) is 26.8. The molecule has 0 fully saturated rings. The number of nitrogens with one attached hydrogen (secondary N) is 2. The molecule has 2 N–H and O–H groups in total. The Bertz CT molecular complexity index is 1160. The molecule has 0 saturated carbocycles. The minimum atomic E-state index is -0.966. The van der Waals surface area contributed by atoms with E-state index in [0.29, 0.717) is 37.7 Å². The summed E-state index contributed by atoms with van der Waals surface area (Å²) in [4.78, 5) is 45.5. The van der Waals surface area contributed by atoms with E-state index < -0.39 is 35.7 Å². The number of carbonyl (C=O) groups excluding carboxylic acids is 3. The summed E-state index contributed by atoms with van der Waals surface area (Å²) in [6, 6.07) is 4.21. The molecule has 230 valence electrons. The maximum absolute atomic E-state index is 13.4. The molecule has 2 aromatic rings. The van der Waals surface area contributed by atoms with Crippen LogP contribution in [-0.2, 0) is 32.5 Å². The Morgan fingerprint density at radius 2 is 1.73 bits per heavy atom. The fourth-order valence-electron chi connectivity index (χ4n) is 4.43. The second kappa shape index (κ2) is 16.1. The summed E-state index contributed by atoms with van der Waals surface area (Å²) in [5.74, 6) is 0.834. The van der Waals surface area contributed by atoms with E-state index in [0.717, 1.165) is 22.5 Å². The van der Waals surface area contributed by atoms with Gasteiger partial charge in [0.2, 0.25) is 5.91 Å². The molecule has 0 aliphatic heterocycles. The number of imidazole rings is 1. The maximum Gasteiger partial charge on any atom is 0.408 e. The van der Waals surface area contributed by atoms with Crippen LogP contribution in [-0.4, -0.2) is 76.7 Å². The van der Waals surface area contributed by atoms with Gasteiger partial charge in [0, 0.05) is 44.0 Å². The summed E-state index contributed by atoms with van der Waals surface area (Å²) >= 11 is 12.0. The quantitative estimate of drug-likeness (QED) is 0.219. The van der Waals surface area contributed by atoms with Crippen LogP contribution in [0, 0.1) is 5.92 Å². The minimum absolute atomic E-state index is 0.136. The van der Waals surface area contributed by atoms with Crippen molar-refractivity contribution in [3.63, 3.8) is 0 Å². The van der Waals surface area contributed by atoms with Crippen LogP contribution < -0.4 is 15.5 Å². The predicted octanol–water partition coefficient (Wildman–Crippen LogP) is 4.78. The highest BCUT2D eigenvalue weighted by Crippen LogP contribution is 2.23. The van der Waals surface area contributed by atoms with E-state index in [4.69, 9.17) is 37.7 Å². The first kappa shape index (κ1) is 34.5. The van der Waals surface area contributed by atoms with Crippen molar-refractivity contribution in [2.75, 3.05) is 36.4 Å². The average molecular weight is 615 g/mol. The first-order valence-corrected chi connectivity index (χ1v) is 15.1. The lowest BCUT2D eigenvalue weighted by Crippen LogP contribution is -2.53. The van der Waals surface area contributed by atoms with E-state index in [-0.39, 0.29) is 18.9 Å². The zero-order valence-electron chi connectivity index (χ0n) is 25.3. The number of carbonyl (C=O) groups is 3. The van der Waals surface area contributed by atoms with E-state index in [1.54, 1.807) is 27.7 Å². The molecule has 1 aromatic heterocycles. The van der Waals surface area contributed by atoms with Crippen LogP contribution >= 0.6 is 23.2 Å². The van der Waals surface area contributed by atoms with Crippen molar-refractivity contribution in [1.82, 2.24) is 20.2 Å². The Labute approximate surface area is 253 Å². The number of rotatable bonds is 15. The number of ether oxygens (including phenoxy) is 2. The molecule has 0 aliphatic carbocycles. The predicted molar refractivity (Wildman–Crippen MR) is 164 cm³/mol. The van der Waals surface area contributed by atoms with Crippen LogP contribution in [0.15, 0.2) is 18.2 Å². The second-order valence-corrected chi connectivity index (χ2v) is 12.1. The number of fused-ring (bicyclic) bond motifs is 1. The number of hydrogen-bond donors (Lipinski definition) is 2. The van der Waals surface area contributed by atoms with Crippen molar-refractivity contribution in [2.45, 2.75) is 78.5 Å². The number of nitrogens with zero attached hydrogens (tertiary/aromatic N) is 3. The third-order valence-electron chi connectivity index (χ3n) is 6.29. The largest absolute Gasteiger partial charge is 0.464 e. The lowest BCUT2D eigenvalue weighted by molar-refractivity contribution is -0.148. The van der Waals surface area contributed by atoms with E-state index in [1.807, 2.05) is 43.7 Å². The van der Waals surface area contributed by atoms with Gasteiger partial charge < -0.3 is 29.6 Å². The average Bonchev–Trinajstić information content (AvgIpc) is 3.19. The first-order valence-electron chi connectivity index (χ1n) is 14.1. The second-order valence-electron chi connectivity index (χ2n) is 11.3. The summed E-state index contributed by atoms with van der Waals surface area (Å²) in [5.41, 5.74) is 1.96. The minimum Gasteiger partial charge on any atom is -0.464 e. The molecule has 1 aromatic carbocycles. The Balaban J connectivity index is 2.29. The molecular weight excluding hydrogens is 569 g/mol. The molecule has 2 atom stereocenters. The van der Waals surface area contributed by atoms with Gasteiger partial charge in [0.25, 0.3) is 0 Å². The van der Waals surface area contributed by atoms with Crippen LogP contribution in [0.1, 0.15) is 60.2 Å². The van der Waals surface area contributed by atoms with E-state index in [2.05, 4.69) is 15.5 Å². The topological polar surface area (TPSA) is 115 Å². The number of halogens is 2.